The summed E-state index contributed by atoms with van der Waals surface area (Å²) < 4.78 is 5.18. The van der Waals surface area contributed by atoms with Crippen molar-refractivity contribution >= 4 is 28.7 Å². The molecule has 2 aromatic rings. The van der Waals surface area contributed by atoms with E-state index in [9.17, 15) is 4.79 Å². The van der Waals surface area contributed by atoms with E-state index in [1.165, 1.54) is 0 Å². The molecule has 1 aromatic carbocycles. The number of imidazole rings is 1. The van der Waals surface area contributed by atoms with E-state index in [2.05, 4.69) is 15.3 Å². The minimum atomic E-state index is -0.493. The SMILES string of the molecule is CC(C)(C)OC(=O)NCc1ccc2nc(CCl)[nH]c2c1. The van der Waals surface area contributed by atoms with Gasteiger partial charge in [0, 0.05) is 6.54 Å². The maximum absolute atomic E-state index is 11.6. The highest BCUT2D eigenvalue weighted by Gasteiger charge is 2.15. The second kappa shape index (κ2) is 5.71. The molecule has 108 valence electrons. The van der Waals surface area contributed by atoms with Gasteiger partial charge in [-0.2, -0.15) is 0 Å². The number of H-pyrrole nitrogens is 1. The Balaban J connectivity index is 2.01. The highest BCUT2D eigenvalue weighted by atomic mass is 35.5. The molecule has 20 heavy (non-hydrogen) atoms. The molecule has 2 N–H and O–H groups in total. The summed E-state index contributed by atoms with van der Waals surface area (Å²) in [5.41, 5.74) is 2.24. The van der Waals surface area contributed by atoms with Crippen molar-refractivity contribution in [3.63, 3.8) is 0 Å². The van der Waals surface area contributed by atoms with Gasteiger partial charge in [-0.3, -0.25) is 0 Å². The third-order valence-corrected chi connectivity index (χ3v) is 2.81. The van der Waals surface area contributed by atoms with Crippen LogP contribution in [-0.2, 0) is 17.2 Å². The van der Waals surface area contributed by atoms with Gasteiger partial charge in [0.05, 0.1) is 16.9 Å². The molecule has 0 spiro atoms. The first-order valence-corrected chi connectivity index (χ1v) is 6.91. The third-order valence-electron chi connectivity index (χ3n) is 2.56. The highest BCUT2D eigenvalue weighted by molar-refractivity contribution is 6.16. The standard InChI is InChI=1S/C14H18ClN3O2/c1-14(2,3)20-13(19)16-8-9-4-5-10-11(6-9)18-12(7-15)17-10/h4-6H,7-8H2,1-3H3,(H,16,19)(H,17,18). The number of halogens is 1. The molecule has 0 unspecified atom stereocenters. The summed E-state index contributed by atoms with van der Waals surface area (Å²) in [5, 5.41) is 2.72. The van der Waals surface area contributed by atoms with Gasteiger partial charge in [-0.25, -0.2) is 9.78 Å². The number of amides is 1. The third kappa shape index (κ3) is 3.87. The summed E-state index contributed by atoms with van der Waals surface area (Å²) in [6, 6.07) is 5.75. The Bertz CT molecular complexity index is 616. The summed E-state index contributed by atoms with van der Waals surface area (Å²) in [6.45, 7) is 5.89. The number of benzene rings is 1. The number of ether oxygens (including phenoxy) is 1. The van der Waals surface area contributed by atoms with Crippen molar-refractivity contribution in [1.29, 1.82) is 0 Å². The molecule has 0 saturated heterocycles. The summed E-state index contributed by atoms with van der Waals surface area (Å²) >= 11 is 5.74. The minimum Gasteiger partial charge on any atom is -0.444 e. The first kappa shape index (κ1) is 14.7. The van der Waals surface area contributed by atoms with Crippen LogP contribution < -0.4 is 5.32 Å². The Labute approximate surface area is 122 Å². The smallest absolute Gasteiger partial charge is 0.407 e. The molecule has 0 bridgehead atoms. The van der Waals surface area contributed by atoms with Crippen LogP contribution in [0, 0.1) is 0 Å². The lowest BCUT2D eigenvalue weighted by molar-refractivity contribution is 0.0523. The fraction of sp³-hybridized carbons (Fsp3) is 0.429. The van der Waals surface area contributed by atoms with E-state index in [1.54, 1.807) is 0 Å². The van der Waals surface area contributed by atoms with E-state index in [0.29, 0.717) is 12.4 Å². The number of rotatable bonds is 3. The minimum absolute atomic E-state index is 0.347. The van der Waals surface area contributed by atoms with Gasteiger partial charge >= 0.3 is 6.09 Å². The van der Waals surface area contributed by atoms with Gasteiger partial charge in [0.2, 0.25) is 0 Å². The predicted octanol–water partition coefficient (Wildman–Crippen LogP) is 3.33. The average Bonchev–Trinajstić information content (AvgIpc) is 2.76. The van der Waals surface area contributed by atoms with Crippen LogP contribution in [0.15, 0.2) is 18.2 Å². The number of nitrogens with zero attached hydrogens (tertiary/aromatic N) is 1. The molecule has 0 fully saturated rings. The number of fused-ring (bicyclic) bond motifs is 1. The molecular formula is C14H18ClN3O2. The normalized spacial score (nSPS) is 11.6. The molecule has 5 nitrogen and oxygen atoms in total. The quantitative estimate of drug-likeness (QED) is 0.854. The lowest BCUT2D eigenvalue weighted by Crippen LogP contribution is -2.32. The summed E-state index contributed by atoms with van der Waals surface area (Å²) in [7, 11) is 0. The van der Waals surface area contributed by atoms with E-state index < -0.39 is 11.7 Å². The van der Waals surface area contributed by atoms with Crippen molar-refractivity contribution in [3.8, 4) is 0 Å². The maximum atomic E-state index is 11.6. The Hall–Kier alpha value is -1.75. The molecule has 0 atom stereocenters. The van der Waals surface area contributed by atoms with Crippen molar-refractivity contribution in [2.75, 3.05) is 0 Å². The van der Waals surface area contributed by atoms with Crippen molar-refractivity contribution in [1.82, 2.24) is 15.3 Å². The van der Waals surface area contributed by atoms with E-state index in [0.717, 1.165) is 22.4 Å². The van der Waals surface area contributed by atoms with Gasteiger partial charge in [-0.15, -0.1) is 11.6 Å². The van der Waals surface area contributed by atoms with Gasteiger partial charge in [0.1, 0.15) is 11.4 Å². The molecule has 2 rings (SSSR count). The van der Waals surface area contributed by atoms with E-state index in [-0.39, 0.29) is 0 Å². The maximum Gasteiger partial charge on any atom is 0.407 e. The van der Waals surface area contributed by atoms with Crippen molar-refractivity contribution in [2.24, 2.45) is 0 Å². The highest BCUT2D eigenvalue weighted by Crippen LogP contribution is 2.15. The Morgan fingerprint density at radius 3 is 2.85 bits per heavy atom. The van der Waals surface area contributed by atoms with Crippen LogP contribution in [0.5, 0.6) is 0 Å². The molecule has 0 aliphatic heterocycles. The van der Waals surface area contributed by atoms with Crippen LogP contribution in [-0.4, -0.2) is 21.7 Å². The molecule has 0 saturated carbocycles. The second-order valence-electron chi connectivity index (χ2n) is 5.52. The molecular weight excluding hydrogens is 278 g/mol. The summed E-state index contributed by atoms with van der Waals surface area (Å²) in [6.07, 6.45) is -0.427. The van der Waals surface area contributed by atoms with Gasteiger partial charge in [0.25, 0.3) is 0 Å². The number of carbonyl (C=O) groups is 1. The number of aromatic amines is 1. The predicted molar refractivity (Wildman–Crippen MR) is 78.7 cm³/mol. The van der Waals surface area contributed by atoms with Gasteiger partial charge in [0.15, 0.2) is 0 Å². The second-order valence-corrected chi connectivity index (χ2v) is 5.79. The molecule has 1 aromatic heterocycles. The lowest BCUT2D eigenvalue weighted by atomic mass is 10.2. The number of hydrogen-bond donors (Lipinski definition) is 2. The molecule has 1 amide bonds. The zero-order valence-electron chi connectivity index (χ0n) is 11.8. The molecule has 1 heterocycles. The summed E-state index contributed by atoms with van der Waals surface area (Å²) in [5.74, 6) is 1.08. The average molecular weight is 296 g/mol. The van der Waals surface area contributed by atoms with Gasteiger partial charge in [-0.1, -0.05) is 6.07 Å². The van der Waals surface area contributed by atoms with Crippen LogP contribution in [0.25, 0.3) is 11.0 Å². The van der Waals surface area contributed by atoms with Crippen molar-refractivity contribution in [2.45, 2.75) is 38.8 Å². The van der Waals surface area contributed by atoms with Crippen LogP contribution in [0.2, 0.25) is 0 Å². The number of alkyl carbamates (subject to hydrolysis) is 1. The fourth-order valence-electron chi connectivity index (χ4n) is 1.77. The number of alkyl halides is 1. The monoisotopic (exact) mass is 295 g/mol. The van der Waals surface area contributed by atoms with E-state index in [4.69, 9.17) is 16.3 Å². The number of aromatic nitrogens is 2. The van der Waals surface area contributed by atoms with E-state index >= 15 is 0 Å². The lowest BCUT2D eigenvalue weighted by Gasteiger charge is -2.19. The van der Waals surface area contributed by atoms with Gasteiger partial charge < -0.3 is 15.0 Å². The Morgan fingerprint density at radius 2 is 2.20 bits per heavy atom. The Kier molecular flexibility index (Phi) is 4.18. The number of nitrogens with one attached hydrogen (secondary N) is 2. The van der Waals surface area contributed by atoms with Crippen molar-refractivity contribution < 1.29 is 9.53 Å². The van der Waals surface area contributed by atoms with Crippen LogP contribution in [0.3, 0.4) is 0 Å². The van der Waals surface area contributed by atoms with Crippen LogP contribution >= 0.6 is 11.6 Å². The van der Waals surface area contributed by atoms with Gasteiger partial charge in [-0.05, 0) is 38.5 Å². The largest absolute Gasteiger partial charge is 0.444 e. The number of carbonyl (C=O) groups excluding carboxylic acids is 1. The molecule has 0 aliphatic rings. The fourth-order valence-corrected chi connectivity index (χ4v) is 1.90. The van der Waals surface area contributed by atoms with Crippen LogP contribution in [0.1, 0.15) is 32.2 Å². The zero-order valence-corrected chi connectivity index (χ0v) is 12.5. The topological polar surface area (TPSA) is 67.0 Å². The molecule has 0 radical (unpaired) electrons. The molecule has 6 heteroatoms. The zero-order chi connectivity index (χ0) is 14.8. The molecule has 0 aliphatic carbocycles. The van der Waals surface area contributed by atoms with Crippen molar-refractivity contribution in [3.05, 3.63) is 29.6 Å². The van der Waals surface area contributed by atoms with Crippen LogP contribution in [0.4, 0.5) is 4.79 Å². The number of hydrogen-bond acceptors (Lipinski definition) is 3. The Morgan fingerprint density at radius 1 is 1.45 bits per heavy atom. The first-order chi connectivity index (χ1) is 9.37. The summed E-state index contributed by atoms with van der Waals surface area (Å²) in [4.78, 5) is 19.0. The first-order valence-electron chi connectivity index (χ1n) is 6.38. The van der Waals surface area contributed by atoms with E-state index in [1.807, 2.05) is 39.0 Å².